The van der Waals surface area contributed by atoms with Crippen LogP contribution >= 0.6 is 0 Å². The molecule has 1 spiro atoms. The van der Waals surface area contributed by atoms with Gasteiger partial charge in [-0.25, -0.2) is 0 Å². The molecule has 0 aliphatic carbocycles. The second kappa shape index (κ2) is 7.84. The van der Waals surface area contributed by atoms with Gasteiger partial charge in [0.25, 0.3) is 0 Å². The molecular formula is C23H28N2O3. The number of ether oxygens (including phenoxy) is 2. The summed E-state index contributed by atoms with van der Waals surface area (Å²) in [6, 6.07) is 16.2. The minimum atomic E-state index is -0.0629. The molecule has 1 N–H and O–H groups in total. The van der Waals surface area contributed by atoms with E-state index in [1.54, 1.807) is 14.2 Å². The Labute approximate surface area is 166 Å². The normalized spacial score (nSPS) is 21.5. The predicted molar refractivity (Wildman–Crippen MR) is 109 cm³/mol. The summed E-state index contributed by atoms with van der Waals surface area (Å²) in [4.78, 5) is 15.1. The average Bonchev–Trinajstić information content (AvgIpc) is 3.06. The van der Waals surface area contributed by atoms with Crippen molar-refractivity contribution in [3.63, 3.8) is 0 Å². The van der Waals surface area contributed by atoms with Crippen LogP contribution in [-0.2, 0) is 11.3 Å². The van der Waals surface area contributed by atoms with E-state index in [0.717, 1.165) is 61.5 Å². The number of methoxy groups -OCH3 is 2. The van der Waals surface area contributed by atoms with Crippen LogP contribution in [0.4, 0.5) is 0 Å². The van der Waals surface area contributed by atoms with Crippen molar-refractivity contribution < 1.29 is 14.3 Å². The molecule has 4 rings (SSSR count). The molecule has 1 unspecified atom stereocenters. The monoisotopic (exact) mass is 380 g/mol. The lowest BCUT2D eigenvalue weighted by Gasteiger charge is -2.39. The number of nitrogens with zero attached hydrogens (tertiary/aromatic N) is 1. The smallest absolute Gasteiger partial charge is 0.228 e. The third kappa shape index (κ3) is 3.59. The fourth-order valence-corrected chi connectivity index (χ4v) is 4.62. The van der Waals surface area contributed by atoms with Crippen molar-refractivity contribution in [2.75, 3.05) is 27.3 Å². The van der Waals surface area contributed by atoms with Gasteiger partial charge in [0, 0.05) is 30.7 Å². The minimum Gasteiger partial charge on any atom is -0.493 e. The number of hydrogen-bond acceptors (Lipinski definition) is 4. The van der Waals surface area contributed by atoms with Crippen LogP contribution in [-0.4, -0.2) is 43.7 Å². The first-order valence-electron chi connectivity index (χ1n) is 9.93. The van der Waals surface area contributed by atoms with Gasteiger partial charge in [-0.2, -0.15) is 0 Å². The Bertz CT molecular complexity index is 829. The highest BCUT2D eigenvalue weighted by Crippen LogP contribution is 2.40. The number of carbonyl (C=O) groups is 1. The molecule has 2 fully saturated rings. The lowest BCUT2D eigenvalue weighted by Crippen LogP contribution is -2.50. The van der Waals surface area contributed by atoms with E-state index >= 15 is 0 Å². The molecule has 2 aliphatic rings. The van der Waals surface area contributed by atoms with Crippen LogP contribution in [0.15, 0.2) is 48.5 Å². The summed E-state index contributed by atoms with van der Waals surface area (Å²) in [5.41, 5.74) is 2.20. The molecule has 5 heteroatoms. The van der Waals surface area contributed by atoms with Crippen molar-refractivity contribution in [1.29, 1.82) is 0 Å². The zero-order chi connectivity index (χ0) is 19.6. The fraction of sp³-hybridized carbons (Fsp3) is 0.435. The van der Waals surface area contributed by atoms with E-state index < -0.39 is 0 Å². The van der Waals surface area contributed by atoms with Crippen LogP contribution < -0.4 is 14.8 Å². The van der Waals surface area contributed by atoms with E-state index in [0.29, 0.717) is 0 Å². The summed E-state index contributed by atoms with van der Waals surface area (Å²) in [7, 11) is 3.35. The Morgan fingerprint density at radius 3 is 2.46 bits per heavy atom. The van der Waals surface area contributed by atoms with Gasteiger partial charge in [-0.3, -0.25) is 9.69 Å². The molecule has 2 heterocycles. The van der Waals surface area contributed by atoms with Crippen LogP contribution in [0.25, 0.3) is 0 Å². The Morgan fingerprint density at radius 1 is 1.04 bits per heavy atom. The molecule has 5 nitrogen and oxygen atoms in total. The molecule has 1 amide bonds. The number of para-hydroxylation sites is 1. The van der Waals surface area contributed by atoms with Crippen LogP contribution in [0.1, 0.15) is 36.3 Å². The molecule has 2 saturated heterocycles. The Hall–Kier alpha value is -2.53. The van der Waals surface area contributed by atoms with E-state index in [-0.39, 0.29) is 17.4 Å². The third-order valence-corrected chi connectivity index (χ3v) is 6.19. The number of hydrogen-bond donors (Lipinski definition) is 1. The number of likely N-dealkylation sites (tertiary alicyclic amines) is 1. The van der Waals surface area contributed by atoms with E-state index in [1.165, 1.54) is 0 Å². The predicted octanol–water partition coefficient (Wildman–Crippen LogP) is 3.34. The fourth-order valence-electron chi connectivity index (χ4n) is 4.62. The Morgan fingerprint density at radius 2 is 1.79 bits per heavy atom. The molecule has 2 aromatic carbocycles. The highest BCUT2D eigenvalue weighted by molar-refractivity contribution is 5.87. The Kier molecular flexibility index (Phi) is 5.27. The lowest BCUT2D eigenvalue weighted by atomic mass is 9.82. The number of carbonyl (C=O) groups excluding carboxylic acids is 1. The van der Waals surface area contributed by atoms with Gasteiger partial charge in [-0.05, 0) is 30.9 Å². The van der Waals surface area contributed by atoms with Crippen LogP contribution in [0.5, 0.6) is 11.5 Å². The molecule has 2 aromatic rings. The van der Waals surface area contributed by atoms with Gasteiger partial charge < -0.3 is 14.8 Å². The standard InChI is InChI=1S/C23H28N2O3/c1-27-20-10-6-9-18(21(20)28-2)16-25-13-11-23(12-14-25)15-19(22(26)24-23)17-7-4-3-5-8-17/h3-10,19H,11-16H2,1-2H3,(H,24,26). The zero-order valence-corrected chi connectivity index (χ0v) is 16.6. The number of benzene rings is 2. The van der Waals surface area contributed by atoms with Gasteiger partial charge in [0.15, 0.2) is 11.5 Å². The average molecular weight is 380 g/mol. The van der Waals surface area contributed by atoms with Crippen molar-refractivity contribution in [2.24, 2.45) is 0 Å². The second-order valence-corrected chi connectivity index (χ2v) is 7.87. The molecular weight excluding hydrogens is 352 g/mol. The van der Waals surface area contributed by atoms with E-state index in [2.05, 4.69) is 28.4 Å². The SMILES string of the molecule is COc1cccc(CN2CCC3(CC2)CC(c2ccccc2)C(=O)N3)c1OC. The molecule has 0 bridgehead atoms. The van der Waals surface area contributed by atoms with Crippen molar-refractivity contribution >= 4 is 5.91 Å². The maximum atomic E-state index is 12.6. The van der Waals surface area contributed by atoms with Crippen molar-refractivity contribution in [2.45, 2.75) is 37.3 Å². The first kappa shape index (κ1) is 18.8. The molecule has 28 heavy (non-hydrogen) atoms. The molecule has 0 aromatic heterocycles. The first-order chi connectivity index (χ1) is 13.6. The maximum Gasteiger partial charge on any atom is 0.228 e. The summed E-state index contributed by atoms with van der Waals surface area (Å²) in [5, 5.41) is 3.33. The lowest BCUT2D eigenvalue weighted by molar-refractivity contribution is -0.121. The summed E-state index contributed by atoms with van der Waals surface area (Å²) < 4.78 is 11.0. The van der Waals surface area contributed by atoms with Crippen molar-refractivity contribution in [1.82, 2.24) is 10.2 Å². The topological polar surface area (TPSA) is 50.8 Å². The molecule has 148 valence electrons. The highest BCUT2D eigenvalue weighted by Gasteiger charge is 2.46. The second-order valence-electron chi connectivity index (χ2n) is 7.87. The largest absolute Gasteiger partial charge is 0.493 e. The first-order valence-corrected chi connectivity index (χ1v) is 9.93. The summed E-state index contributed by atoms with van der Waals surface area (Å²) in [6.07, 6.45) is 2.86. The summed E-state index contributed by atoms with van der Waals surface area (Å²) in [6.45, 7) is 2.75. The highest BCUT2D eigenvalue weighted by atomic mass is 16.5. The quantitative estimate of drug-likeness (QED) is 0.864. The van der Waals surface area contributed by atoms with Crippen molar-refractivity contribution in [3.05, 3.63) is 59.7 Å². The zero-order valence-electron chi connectivity index (χ0n) is 16.6. The van der Waals surface area contributed by atoms with Gasteiger partial charge in [-0.15, -0.1) is 0 Å². The molecule has 0 saturated carbocycles. The molecule has 0 radical (unpaired) electrons. The number of amides is 1. The minimum absolute atomic E-state index is 0.0220. The number of piperidine rings is 1. The van der Waals surface area contributed by atoms with Crippen molar-refractivity contribution in [3.8, 4) is 11.5 Å². The summed E-state index contributed by atoms with van der Waals surface area (Å²) >= 11 is 0. The van der Waals surface area contributed by atoms with Crippen LogP contribution in [0, 0.1) is 0 Å². The van der Waals surface area contributed by atoms with Gasteiger partial charge in [0.05, 0.1) is 20.1 Å². The molecule has 2 aliphatic heterocycles. The summed E-state index contributed by atoms with van der Waals surface area (Å²) in [5.74, 6) is 1.73. The van der Waals surface area contributed by atoms with Gasteiger partial charge in [0.2, 0.25) is 5.91 Å². The Balaban J connectivity index is 1.41. The van der Waals surface area contributed by atoms with E-state index in [1.807, 2.05) is 30.3 Å². The van der Waals surface area contributed by atoms with Gasteiger partial charge in [-0.1, -0.05) is 42.5 Å². The number of rotatable bonds is 5. The maximum absolute atomic E-state index is 12.6. The van der Waals surface area contributed by atoms with Crippen LogP contribution in [0.3, 0.4) is 0 Å². The van der Waals surface area contributed by atoms with Crippen LogP contribution in [0.2, 0.25) is 0 Å². The van der Waals surface area contributed by atoms with E-state index in [9.17, 15) is 4.79 Å². The van der Waals surface area contributed by atoms with E-state index in [4.69, 9.17) is 9.47 Å². The molecule has 1 atom stereocenters. The number of nitrogens with one attached hydrogen (secondary N) is 1. The van der Waals surface area contributed by atoms with Gasteiger partial charge in [0.1, 0.15) is 0 Å². The van der Waals surface area contributed by atoms with Gasteiger partial charge >= 0.3 is 0 Å². The third-order valence-electron chi connectivity index (χ3n) is 6.19.